The maximum absolute atomic E-state index is 12.2. The summed E-state index contributed by atoms with van der Waals surface area (Å²) in [5, 5.41) is 0. The molecule has 0 N–H and O–H groups in total. The average molecular weight is 345 g/mol. The van der Waals surface area contributed by atoms with Crippen molar-refractivity contribution in [1.82, 2.24) is 19.8 Å². The van der Waals surface area contributed by atoms with E-state index in [2.05, 4.69) is 19.8 Å². The van der Waals surface area contributed by atoms with Crippen molar-refractivity contribution in [3.05, 3.63) is 17.5 Å². The molecule has 0 unspecified atom stereocenters. The molecule has 4 heterocycles. The number of aromatic nitrogens is 2. The minimum atomic E-state index is -0.159. The van der Waals surface area contributed by atoms with Gasteiger partial charge in [-0.2, -0.15) is 0 Å². The molecule has 4 rings (SSSR count). The van der Waals surface area contributed by atoms with Crippen LogP contribution in [0.3, 0.4) is 0 Å². The first-order valence-corrected chi connectivity index (χ1v) is 9.37. The predicted octanol–water partition coefficient (Wildman–Crippen LogP) is 1.59. The SMILES string of the molecule is Cc1cc(C)nc(N2C[C@@H]3OC(=O)N(CCN4CCCCC4)[C@@H]3C2)n1. The lowest BCUT2D eigenvalue weighted by Gasteiger charge is -2.29. The molecule has 2 atom stereocenters. The van der Waals surface area contributed by atoms with Crippen LogP contribution in [0.1, 0.15) is 30.7 Å². The molecular weight excluding hydrogens is 318 g/mol. The van der Waals surface area contributed by atoms with Gasteiger partial charge in [-0.15, -0.1) is 0 Å². The molecule has 1 amide bonds. The van der Waals surface area contributed by atoms with Crippen molar-refractivity contribution in [3.63, 3.8) is 0 Å². The first-order chi connectivity index (χ1) is 12.1. The van der Waals surface area contributed by atoms with Gasteiger partial charge in [-0.3, -0.25) is 4.90 Å². The van der Waals surface area contributed by atoms with Gasteiger partial charge >= 0.3 is 6.09 Å². The fourth-order valence-electron chi connectivity index (χ4n) is 4.21. The van der Waals surface area contributed by atoms with Gasteiger partial charge in [0, 0.05) is 31.0 Å². The van der Waals surface area contributed by atoms with Crippen molar-refractivity contribution >= 4 is 12.0 Å². The summed E-state index contributed by atoms with van der Waals surface area (Å²) in [4.78, 5) is 27.9. The van der Waals surface area contributed by atoms with Gasteiger partial charge in [-0.25, -0.2) is 14.8 Å². The van der Waals surface area contributed by atoms with Crippen LogP contribution in [0.5, 0.6) is 0 Å². The molecule has 3 aliphatic heterocycles. The lowest BCUT2D eigenvalue weighted by molar-refractivity contribution is 0.132. The van der Waals surface area contributed by atoms with Gasteiger partial charge < -0.3 is 14.5 Å². The molecule has 0 saturated carbocycles. The molecule has 0 spiro atoms. The number of nitrogens with zero attached hydrogens (tertiary/aromatic N) is 5. The third-order valence-electron chi connectivity index (χ3n) is 5.48. The van der Waals surface area contributed by atoms with Gasteiger partial charge in [-0.05, 0) is 45.8 Å². The molecule has 3 saturated heterocycles. The van der Waals surface area contributed by atoms with Gasteiger partial charge in [0.1, 0.15) is 6.10 Å². The third-order valence-corrected chi connectivity index (χ3v) is 5.48. The Morgan fingerprint density at radius 1 is 1.08 bits per heavy atom. The maximum atomic E-state index is 12.2. The highest BCUT2D eigenvalue weighted by Gasteiger charge is 2.48. The quantitative estimate of drug-likeness (QED) is 0.826. The second-order valence-electron chi connectivity index (χ2n) is 7.44. The fraction of sp³-hybridized carbons (Fsp3) is 0.722. The summed E-state index contributed by atoms with van der Waals surface area (Å²) in [5.74, 6) is 0.749. The van der Waals surface area contributed by atoms with Gasteiger partial charge in [0.2, 0.25) is 5.95 Å². The van der Waals surface area contributed by atoms with E-state index in [0.29, 0.717) is 6.54 Å². The highest BCUT2D eigenvalue weighted by atomic mass is 16.6. The van der Waals surface area contributed by atoms with E-state index in [1.807, 2.05) is 24.8 Å². The summed E-state index contributed by atoms with van der Waals surface area (Å²) in [6.07, 6.45) is 3.65. The van der Waals surface area contributed by atoms with E-state index >= 15 is 0 Å². The van der Waals surface area contributed by atoms with Crippen molar-refractivity contribution < 1.29 is 9.53 Å². The van der Waals surface area contributed by atoms with Gasteiger partial charge in [0.25, 0.3) is 0 Å². The Balaban J connectivity index is 1.40. The molecule has 136 valence electrons. The zero-order valence-corrected chi connectivity index (χ0v) is 15.1. The number of ether oxygens (including phenoxy) is 1. The van der Waals surface area contributed by atoms with Crippen molar-refractivity contribution in [2.24, 2.45) is 0 Å². The highest BCUT2D eigenvalue weighted by Crippen LogP contribution is 2.29. The Morgan fingerprint density at radius 2 is 1.80 bits per heavy atom. The number of carbonyl (C=O) groups is 1. The number of hydrogen-bond acceptors (Lipinski definition) is 6. The van der Waals surface area contributed by atoms with Crippen LogP contribution >= 0.6 is 0 Å². The van der Waals surface area contributed by atoms with Crippen LogP contribution in [0.4, 0.5) is 10.7 Å². The van der Waals surface area contributed by atoms with Crippen LogP contribution in [-0.4, -0.2) is 77.3 Å². The molecule has 0 radical (unpaired) electrons. The molecule has 25 heavy (non-hydrogen) atoms. The summed E-state index contributed by atoms with van der Waals surface area (Å²) in [5.41, 5.74) is 1.94. The van der Waals surface area contributed by atoms with Crippen LogP contribution in [0.15, 0.2) is 6.07 Å². The van der Waals surface area contributed by atoms with Crippen molar-refractivity contribution in [2.45, 2.75) is 45.3 Å². The molecule has 0 aliphatic carbocycles. The number of anilines is 1. The zero-order valence-electron chi connectivity index (χ0n) is 15.1. The van der Waals surface area contributed by atoms with Crippen LogP contribution in [0, 0.1) is 13.8 Å². The number of rotatable bonds is 4. The van der Waals surface area contributed by atoms with Crippen molar-refractivity contribution in [2.75, 3.05) is 44.2 Å². The maximum Gasteiger partial charge on any atom is 0.410 e. The molecule has 1 aromatic heterocycles. The molecule has 3 aliphatic rings. The molecule has 3 fully saturated rings. The van der Waals surface area contributed by atoms with Gasteiger partial charge in [0.15, 0.2) is 0 Å². The molecule has 0 aromatic carbocycles. The van der Waals surface area contributed by atoms with Crippen LogP contribution < -0.4 is 4.90 Å². The first kappa shape index (κ1) is 16.6. The summed E-state index contributed by atoms with van der Waals surface area (Å²) in [6.45, 7) is 9.40. The number of aryl methyl sites for hydroxylation is 2. The lowest BCUT2D eigenvalue weighted by Crippen LogP contribution is -2.44. The summed E-state index contributed by atoms with van der Waals surface area (Å²) in [7, 11) is 0. The Labute approximate surface area is 149 Å². The summed E-state index contributed by atoms with van der Waals surface area (Å²) < 4.78 is 5.62. The molecule has 0 bridgehead atoms. The normalized spacial score (nSPS) is 26.9. The minimum absolute atomic E-state index is 0.0710. The molecule has 7 nitrogen and oxygen atoms in total. The van der Waals surface area contributed by atoms with Crippen LogP contribution in [0.2, 0.25) is 0 Å². The lowest BCUT2D eigenvalue weighted by atomic mass is 10.1. The van der Waals surface area contributed by atoms with Gasteiger partial charge in [-0.1, -0.05) is 6.42 Å². The topological polar surface area (TPSA) is 61.8 Å². The van der Waals surface area contributed by atoms with Crippen LogP contribution in [0.25, 0.3) is 0 Å². The first-order valence-electron chi connectivity index (χ1n) is 9.37. The predicted molar refractivity (Wildman–Crippen MR) is 94.8 cm³/mol. The Hall–Kier alpha value is -1.89. The average Bonchev–Trinajstić information content (AvgIpc) is 3.10. The summed E-state index contributed by atoms with van der Waals surface area (Å²) in [6, 6.07) is 2.09. The standard InChI is InChI=1S/C18H27N5O2/c1-13-10-14(2)20-17(19-13)22-11-15-16(12-22)25-18(24)23(15)9-8-21-6-4-3-5-7-21/h10,15-16H,3-9,11-12H2,1-2H3/t15-,16+/m1/s1. The number of piperidine rings is 1. The van der Waals surface area contributed by atoms with E-state index < -0.39 is 0 Å². The van der Waals surface area contributed by atoms with Crippen LogP contribution in [-0.2, 0) is 4.74 Å². The Morgan fingerprint density at radius 3 is 2.52 bits per heavy atom. The van der Waals surface area contributed by atoms with E-state index in [9.17, 15) is 4.79 Å². The number of hydrogen-bond donors (Lipinski definition) is 0. The molecular formula is C18H27N5O2. The Kier molecular flexibility index (Phi) is 4.50. The number of likely N-dealkylation sites (tertiary alicyclic amines) is 1. The minimum Gasteiger partial charge on any atom is -0.442 e. The number of fused-ring (bicyclic) bond motifs is 1. The second kappa shape index (κ2) is 6.78. The van der Waals surface area contributed by atoms with Crippen molar-refractivity contribution in [3.8, 4) is 0 Å². The molecule has 1 aromatic rings. The monoisotopic (exact) mass is 345 g/mol. The number of carbonyl (C=O) groups excluding carboxylic acids is 1. The fourth-order valence-corrected chi connectivity index (χ4v) is 4.21. The van der Waals surface area contributed by atoms with E-state index in [1.165, 1.54) is 19.3 Å². The zero-order chi connectivity index (χ0) is 17.4. The largest absolute Gasteiger partial charge is 0.442 e. The smallest absolute Gasteiger partial charge is 0.410 e. The third kappa shape index (κ3) is 3.42. The van der Waals surface area contributed by atoms with Crippen molar-refractivity contribution in [1.29, 1.82) is 0 Å². The second-order valence-corrected chi connectivity index (χ2v) is 7.44. The van der Waals surface area contributed by atoms with Gasteiger partial charge in [0.05, 0.1) is 12.6 Å². The molecule has 7 heteroatoms. The highest BCUT2D eigenvalue weighted by molar-refractivity contribution is 5.71. The van der Waals surface area contributed by atoms with E-state index in [1.54, 1.807) is 0 Å². The number of amides is 1. The Bertz CT molecular complexity index is 626. The summed E-state index contributed by atoms with van der Waals surface area (Å²) >= 11 is 0. The van der Waals surface area contributed by atoms with E-state index in [0.717, 1.165) is 50.1 Å². The van der Waals surface area contributed by atoms with E-state index in [-0.39, 0.29) is 18.2 Å². The van der Waals surface area contributed by atoms with E-state index in [4.69, 9.17) is 4.74 Å².